The summed E-state index contributed by atoms with van der Waals surface area (Å²) in [6.07, 6.45) is 1.74. The van der Waals surface area contributed by atoms with Crippen molar-refractivity contribution in [3.8, 4) is 5.75 Å². The van der Waals surface area contributed by atoms with Crippen LogP contribution in [0.15, 0.2) is 17.6 Å². The molecule has 0 radical (unpaired) electrons. The molecule has 2 heterocycles. The monoisotopic (exact) mass is 286 g/mol. The molecule has 98 valence electrons. The summed E-state index contributed by atoms with van der Waals surface area (Å²) < 4.78 is 6.86. The van der Waals surface area contributed by atoms with Gasteiger partial charge in [-0.25, -0.2) is 0 Å². The fourth-order valence-electron chi connectivity index (χ4n) is 1.75. The maximum Gasteiger partial charge on any atom is 0.131 e. The lowest BCUT2D eigenvalue weighted by Crippen LogP contribution is -2.09. The molecule has 0 fully saturated rings. The number of hydrogen-bond donors (Lipinski definition) is 1. The minimum atomic E-state index is -0.763. The molecule has 0 spiro atoms. The molecule has 2 aromatic rings. The molecule has 1 atom stereocenters. The van der Waals surface area contributed by atoms with Crippen LogP contribution in [0.5, 0.6) is 5.75 Å². The summed E-state index contributed by atoms with van der Waals surface area (Å²) in [6, 6.07) is 1.81. The maximum absolute atomic E-state index is 10.4. The van der Waals surface area contributed by atoms with Gasteiger partial charge in [-0.1, -0.05) is 18.5 Å². The topological polar surface area (TPSA) is 47.3 Å². The number of nitrogens with zero attached hydrogens (tertiary/aromatic N) is 2. The molecule has 6 heteroatoms. The lowest BCUT2D eigenvalue weighted by atomic mass is 10.2. The van der Waals surface area contributed by atoms with Gasteiger partial charge < -0.3 is 9.84 Å². The summed E-state index contributed by atoms with van der Waals surface area (Å²) in [4.78, 5) is 0.798. The Kier molecular flexibility index (Phi) is 4.27. The van der Waals surface area contributed by atoms with Crippen molar-refractivity contribution in [1.29, 1.82) is 0 Å². The van der Waals surface area contributed by atoms with E-state index in [1.807, 2.05) is 11.4 Å². The molecule has 0 amide bonds. The van der Waals surface area contributed by atoms with Gasteiger partial charge in [0, 0.05) is 16.8 Å². The van der Waals surface area contributed by atoms with Gasteiger partial charge in [0.2, 0.25) is 0 Å². The average Bonchev–Trinajstić information content (AvgIpc) is 2.96. The van der Waals surface area contributed by atoms with E-state index in [2.05, 4.69) is 12.0 Å². The number of aryl methyl sites for hydroxylation is 1. The van der Waals surface area contributed by atoms with Crippen molar-refractivity contribution >= 4 is 22.9 Å². The first-order valence-electron chi connectivity index (χ1n) is 5.69. The first kappa shape index (κ1) is 13.4. The number of aromatic nitrogens is 2. The Balaban J connectivity index is 2.32. The molecule has 1 unspecified atom stereocenters. The van der Waals surface area contributed by atoms with Crippen LogP contribution in [-0.4, -0.2) is 22.0 Å². The van der Waals surface area contributed by atoms with Gasteiger partial charge >= 0.3 is 0 Å². The first-order chi connectivity index (χ1) is 8.67. The van der Waals surface area contributed by atoms with Gasteiger partial charge in [0.25, 0.3) is 0 Å². The molecule has 18 heavy (non-hydrogen) atoms. The van der Waals surface area contributed by atoms with E-state index in [0.717, 1.165) is 23.6 Å². The molecule has 4 nitrogen and oxygen atoms in total. The summed E-state index contributed by atoms with van der Waals surface area (Å²) in [7, 11) is 1.60. The molecule has 0 bridgehead atoms. The molecule has 2 rings (SSSR count). The SMILES string of the molecule is CCCn1ncc(Cl)c1C(O)c1cc(OC)cs1. The number of aliphatic hydroxyl groups excluding tert-OH is 1. The Hall–Kier alpha value is -1.04. The molecule has 2 aromatic heterocycles. The highest BCUT2D eigenvalue weighted by Crippen LogP contribution is 2.34. The minimum Gasteiger partial charge on any atom is -0.496 e. The van der Waals surface area contributed by atoms with Gasteiger partial charge in [0.15, 0.2) is 0 Å². The molecule has 0 aliphatic carbocycles. The fourth-order valence-corrected chi connectivity index (χ4v) is 2.84. The molecule has 0 saturated heterocycles. The zero-order valence-electron chi connectivity index (χ0n) is 10.3. The molecular formula is C12H15ClN2O2S. The standard InChI is InChI=1S/C12H15ClN2O2S/c1-3-4-15-11(9(13)6-14-15)12(16)10-5-8(17-2)7-18-10/h5-7,12,16H,3-4H2,1-2H3. The Morgan fingerprint density at radius 3 is 3.00 bits per heavy atom. The first-order valence-corrected chi connectivity index (χ1v) is 6.94. The summed E-state index contributed by atoms with van der Waals surface area (Å²) in [5.74, 6) is 0.742. The van der Waals surface area contributed by atoms with Crippen molar-refractivity contribution < 1.29 is 9.84 Å². The van der Waals surface area contributed by atoms with Crippen LogP contribution in [0.3, 0.4) is 0 Å². The summed E-state index contributed by atoms with van der Waals surface area (Å²) in [6.45, 7) is 2.79. The fraction of sp³-hybridized carbons (Fsp3) is 0.417. The number of halogens is 1. The summed E-state index contributed by atoms with van der Waals surface area (Å²) >= 11 is 7.54. The second kappa shape index (κ2) is 5.73. The van der Waals surface area contributed by atoms with E-state index in [9.17, 15) is 5.11 Å². The lowest BCUT2D eigenvalue weighted by molar-refractivity contribution is 0.211. The van der Waals surface area contributed by atoms with Gasteiger partial charge in [0.1, 0.15) is 11.9 Å². The Bertz CT molecular complexity index is 524. The smallest absolute Gasteiger partial charge is 0.131 e. The van der Waals surface area contributed by atoms with E-state index in [-0.39, 0.29) is 0 Å². The van der Waals surface area contributed by atoms with Gasteiger partial charge in [-0.05, 0) is 12.5 Å². The second-order valence-corrected chi connectivity index (χ2v) is 5.24. The van der Waals surface area contributed by atoms with Crippen LogP contribution >= 0.6 is 22.9 Å². The van der Waals surface area contributed by atoms with Crippen LogP contribution in [0, 0.1) is 0 Å². The van der Waals surface area contributed by atoms with Gasteiger partial charge in [-0.3, -0.25) is 4.68 Å². The van der Waals surface area contributed by atoms with Gasteiger partial charge in [-0.2, -0.15) is 5.10 Å². The summed E-state index contributed by atoms with van der Waals surface area (Å²) in [5, 5.41) is 16.9. The Labute approximate surface area is 115 Å². The van der Waals surface area contributed by atoms with E-state index in [0.29, 0.717) is 10.7 Å². The van der Waals surface area contributed by atoms with Crippen LogP contribution in [0.25, 0.3) is 0 Å². The van der Waals surface area contributed by atoms with E-state index in [1.54, 1.807) is 18.0 Å². The van der Waals surface area contributed by atoms with Crippen molar-refractivity contribution in [2.24, 2.45) is 0 Å². The predicted molar refractivity (Wildman–Crippen MR) is 72.5 cm³/mol. The van der Waals surface area contributed by atoms with Crippen molar-refractivity contribution in [3.05, 3.63) is 33.2 Å². The zero-order valence-corrected chi connectivity index (χ0v) is 11.8. The van der Waals surface area contributed by atoms with Crippen LogP contribution in [-0.2, 0) is 6.54 Å². The third-order valence-electron chi connectivity index (χ3n) is 2.63. The molecule has 0 aliphatic heterocycles. The Morgan fingerprint density at radius 1 is 1.61 bits per heavy atom. The molecular weight excluding hydrogens is 272 g/mol. The van der Waals surface area contributed by atoms with Crippen LogP contribution in [0.2, 0.25) is 5.02 Å². The van der Waals surface area contributed by atoms with Gasteiger partial charge in [-0.15, -0.1) is 11.3 Å². The number of methoxy groups -OCH3 is 1. The largest absolute Gasteiger partial charge is 0.496 e. The molecule has 1 N–H and O–H groups in total. The number of hydrogen-bond acceptors (Lipinski definition) is 4. The third kappa shape index (κ3) is 2.53. The molecule has 0 aliphatic rings. The maximum atomic E-state index is 10.4. The third-order valence-corrected chi connectivity index (χ3v) is 3.88. The normalized spacial score (nSPS) is 12.7. The van der Waals surface area contributed by atoms with E-state index in [4.69, 9.17) is 16.3 Å². The lowest BCUT2D eigenvalue weighted by Gasteiger charge is -2.12. The van der Waals surface area contributed by atoms with Crippen molar-refractivity contribution in [2.45, 2.75) is 26.0 Å². The highest BCUT2D eigenvalue weighted by Gasteiger charge is 2.21. The number of aliphatic hydroxyl groups is 1. The quantitative estimate of drug-likeness (QED) is 0.919. The van der Waals surface area contributed by atoms with Gasteiger partial charge in [0.05, 0.1) is 24.0 Å². The van der Waals surface area contributed by atoms with Crippen LogP contribution in [0.4, 0.5) is 0 Å². The highest BCUT2D eigenvalue weighted by molar-refractivity contribution is 7.10. The highest BCUT2D eigenvalue weighted by atomic mass is 35.5. The molecule has 0 aromatic carbocycles. The predicted octanol–water partition coefficient (Wildman–Crippen LogP) is 3.10. The van der Waals surface area contributed by atoms with Crippen LogP contribution in [0.1, 0.15) is 30.0 Å². The Morgan fingerprint density at radius 2 is 2.39 bits per heavy atom. The summed E-state index contributed by atoms with van der Waals surface area (Å²) in [5.41, 5.74) is 0.642. The number of thiophene rings is 1. The van der Waals surface area contributed by atoms with Crippen molar-refractivity contribution in [3.63, 3.8) is 0 Å². The van der Waals surface area contributed by atoms with E-state index < -0.39 is 6.10 Å². The average molecular weight is 287 g/mol. The van der Waals surface area contributed by atoms with E-state index >= 15 is 0 Å². The van der Waals surface area contributed by atoms with Crippen molar-refractivity contribution in [2.75, 3.05) is 7.11 Å². The zero-order chi connectivity index (χ0) is 13.1. The minimum absolute atomic E-state index is 0.489. The van der Waals surface area contributed by atoms with Crippen molar-refractivity contribution in [1.82, 2.24) is 9.78 Å². The molecule has 0 saturated carbocycles. The number of ether oxygens (including phenoxy) is 1. The second-order valence-electron chi connectivity index (χ2n) is 3.89. The van der Waals surface area contributed by atoms with E-state index in [1.165, 1.54) is 11.3 Å². The van der Waals surface area contributed by atoms with Crippen LogP contribution < -0.4 is 4.74 Å². The number of rotatable bonds is 5.